The van der Waals surface area contributed by atoms with Gasteiger partial charge in [-0.25, -0.2) is 0 Å². The predicted octanol–water partition coefficient (Wildman–Crippen LogP) is 0.513. The van der Waals surface area contributed by atoms with E-state index < -0.39 is 0 Å². The monoisotopic (exact) mass is 214 g/mol. The number of carbonyl (C=O) groups excluding carboxylic acids is 1. The van der Waals surface area contributed by atoms with Crippen LogP contribution in [0.25, 0.3) is 0 Å². The van der Waals surface area contributed by atoms with Crippen LogP contribution in [0.2, 0.25) is 0 Å². The standard InChI is InChI=1S/C11H22N2O2/c1-8(7-12)11(14)13-9(2)10-3-5-15-6-4-10/h8-10H,3-7,12H2,1-2H3,(H,13,14). The smallest absolute Gasteiger partial charge is 0.224 e. The normalized spacial score (nSPS) is 22.1. The lowest BCUT2D eigenvalue weighted by Gasteiger charge is -2.29. The van der Waals surface area contributed by atoms with E-state index in [1.807, 2.05) is 6.92 Å². The summed E-state index contributed by atoms with van der Waals surface area (Å²) in [4.78, 5) is 11.6. The Hall–Kier alpha value is -0.610. The highest BCUT2D eigenvalue weighted by Gasteiger charge is 2.23. The Morgan fingerprint density at radius 3 is 2.60 bits per heavy atom. The molecule has 3 N–H and O–H groups in total. The van der Waals surface area contributed by atoms with E-state index in [4.69, 9.17) is 10.5 Å². The number of hydrogen-bond acceptors (Lipinski definition) is 3. The largest absolute Gasteiger partial charge is 0.381 e. The molecule has 0 aromatic heterocycles. The van der Waals surface area contributed by atoms with Gasteiger partial charge in [0.25, 0.3) is 0 Å². The molecule has 0 aromatic carbocycles. The van der Waals surface area contributed by atoms with Gasteiger partial charge in [0.05, 0.1) is 0 Å². The third kappa shape index (κ3) is 3.80. The fourth-order valence-corrected chi connectivity index (χ4v) is 1.81. The molecule has 15 heavy (non-hydrogen) atoms. The summed E-state index contributed by atoms with van der Waals surface area (Å²) in [5, 5.41) is 3.03. The van der Waals surface area contributed by atoms with Crippen LogP contribution in [0.5, 0.6) is 0 Å². The first-order valence-electron chi connectivity index (χ1n) is 5.73. The molecule has 1 saturated heterocycles. The maximum Gasteiger partial charge on any atom is 0.224 e. The van der Waals surface area contributed by atoms with Crippen molar-refractivity contribution in [3.63, 3.8) is 0 Å². The summed E-state index contributed by atoms with van der Waals surface area (Å²) in [5.41, 5.74) is 5.45. The van der Waals surface area contributed by atoms with E-state index in [2.05, 4.69) is 12.2 Å². The molecule has 2 unspecified atom stereocenters. The minimum absolute atomic E-state index is 0.0662. The summed E-state index contributed by atoms with van der Waals surface area (Å²) >= 11 is 0. The molecule has 0 aromatic rings. The fraction of sp³-hybridized carbons (Fsp3) is 0.909. The molecule has 4 heteroatoms. The number of carbonyl (C=O) groups is 1. The molecule has 1 aliphatic heterocycles. The SMILES string of the molecule is CC(CN)C(=O)NC(C)C1CCOCC1. The molecule has 88 valence electrons. The van der Waals surface area contributed by atoms with Gasteiger partial charge < -0.3 is 15.8 Å². The lowest BCUT2D eigenvalue weighted by molar-refractivity contribution is -0.125. The third-order valence-corrected chi connectivity index (χ3v) is 3.14. The molecule has 2 atom stereocenters. The lowest BCUT2D eigenvalue weighted by Crippen LogP contribution is -2.43. The number of rotatable bonds is 4. The highest BCUT2D eigenvalue weighted by molar-refractivity contribution is 5.78. The van der Waals surface area contributed by atoms with Crippen molar-refractivity contribution < 1.29 is 9.53 Å². The Balaban J connectivity index is 2.33. The van der Waals surface area contributed by atoms with Crippen LogP contribution in [-0.2, 0) is 9.53 Å². The molecule has 1 aliphatic rings. The maximum atomic E-state index is 11.6. The molecule has 0 radical (unpaired) electrons. The van der Waals surface area contributed by atoms with Crippen molar-refractivity contribution >= 4 is 5.91 Å². The summed E-state index contributed by atoms with van der Waals surface area (Å²) in [5.74, 6) is 0.524. The van der Waals surface area contributed by atoms with Crippen molar-refractivity contribution in [1.29, 1.82) is 0 Å². The second-order valence-electron chi connectivity index (χ2n) is 4.38. The van der Waals surface area contributed by atoms with Crippen molar-refractivity contribution in [1.82, 2.24) is 5.32 Å². The number of nitrogens with two attached hydrogens (primary N) is 1. The highest BCUT2D eigenvalue weighted by Crippen LogP contribution is 2.18. The van der Waals surface area contributed by atoms with E-state index in [1.165, 1.54) is 0 Å². The zero-order chi connectivity index (χ0) is 11.3. The van der Waals surface area contributed by atoms with Crippen LogP contribution in [0, 0.1) is 11.8 Å². The van der Waals surface area contributed by atoms with Crippen LogP contribution in [0.15, 0.2) is 0 Å². The number of amides is 1. The number of hydrogen-bond donors (Lipinski definition) is 2. The van der Waals surface area contributed by atoms with Gasteiger partial charge in [0.15, 0.2) is 0 Å². The minimum Gasteiger partial charge on any atom is -0.381 e. The van der Waals surface area contributed by atoms with Gasteiger partial charge >= 0.3 is 0 Å². The Kier molecular flexibility index (Phi) is 5.05. The van der Waals surface area contributed by atoms with Crippen molar-refractivity contribution in [2.24, 2.45) is 17.6 Å². The molecule has 4 nitrogen and oxygen atoms in total. The summed E-state index contributed by atoms with van der Waals surface area (Å²) in [6.07, 6.45) is 2.08. The summed E-state index contributed by atoms with van der Waals surface area (Å²) in [6.45, 7) is 5.96. The fourth-order valence-electron chi connectivity index (χ4n) is 1.81. The van der Waals surface area contributed by atoms with Gasteiger partial charge in [0, 0.05) is 31.7 Å². The predicted molar refractivity (Wildman–Crippen MR) is 59.4 cm³/mol. The van der Waals surface area contributed by atoms with Gasteiger partial charge in [0.2, 0.25) is 5.91 Å². The zero-order valence-corrected chi connectivity index (χ0v) is 9.66. The van der Waals surface area contributed by atoms with Gasteiger partial charge in [-0.05, 0) is 25.7 Å². The van der Waals surface area contributed by atoms with Gasteiger partial charge in [-0.2, -0.15) is 0 Å². The van der Waals surface area contributed by atoms with Crippen molar-refractivity contribution in [3.05, 3.63) is 0 Å². The van der Waals surface area contributed by atoms with E-state index in [-0.39, 0.29) is 17.9 Å². The molecule has 0 saturated carbocycles. The van der Waals surface area contributed by atoms with Gasteiger partial charge in [-0.15, -0.1) is 0 Å². The van der Waals surface area contributed by atoms with E-state index in [9.17, 15) is 4.79 Å². The lowest BCUT2D eigenvalue weighted by atomic mass is 9.92. The molecule has 0 bridgehead atoms. The summed E-state index contributed by atoms with van der Waals surface area (Å²) in [7, 11) is 0. The topological polar surface area (TPSA) is 64.4 Å². The number of ether oxygens (including phenoxy) is 1. The van der Waals surface area contributed by atoms with Crippen molar-refractivity contribution in [2.75, 3.05) is 19.8 Å². The van der Waals surface area contributed by atoms with E-state index >= 15 is 0 Å². The second-order valence-corrected chi connectivity index (χ2v) is 4.38. The first kappa shape index (κ1) is 12.5. The number of nitrogens with one attached hydrogen (secondary N) is 1. The Morgan fingerprint density at radius 1 is 1.47 bits per heavy atom. The van der Waals surface area contributed by atoms with Gasteiger partial charge in [-0.1, -0.05) is 6.92 Å². The van der Waals surface area contributed by atoms with Crippen LogP contribution in [0.4, 0.5) is 0 Å². The molecular weight excluding hydrogens is 192 g/mol. The second kappa shape index (κ2) is 6.08. The average Bonchev–Trinajstić information content (AvgIpc) is 2.29. The van der Waals surface area contributed by atoms with E-state index in [0.717, 1.165) is 26.1 Å². The Labute approximate surface area is 91.5 Å². The van der Waals surface area contributed by atoms with E-state index in [1.54, 1.807) is 0 Å². The van der Waals surface area contributed by atoms with Crippen LogP contribution < -0.4 is 11.1 Å². The molecule has 1 heterocycles. The molecule has 0 spiro atoms. The maximum absolute atomic E-state index is 11.6. The van der Waals surface area contributed by atoms with Crippen LogP contribution >= 0.6 is 0 Å². The molecule has 0 aliphatic carbocycles. The zero-order valence-electron chi connectivity index (χ0n) is 9.66. The van der Waals surface area contributed by atoms with Crippen molar-refractivity contribution in [3.8, 4) is 0 Å². The van der Waals surface area contributed by atoms with Crippen molar-refractivity contribution in [2.45, 2.75) is 32.7 Å². The van der Waals surface area contributed by atoms with Crippen LogP contribution in [-0.4, -0.2) is 31.7 Å². The van der Waals surface area contributed by atoms with Gasteiger partial charge in [-0.3, -0.25) is 4.79 Å². The van der Waals surface area contributed by atoms with Crippen LogP contribution in [0.1, 0.15) is 26.7 Å². The molecule has 1 rings (SSSR count). The summed E-state index contributed by atoms with van der Waals surface area (Å²) in [6, 6.07) is 0.232. The summed E-state index contributed by atoms with van der Waals surface area (Å²) < 4.78 is 5.29. The quantitative estimate of drug-likeness (QED) is 0.717. The Morgan fingerprint density at radius 2 is 2.07 bits per heavy atom. The minimum atomic E-state index is -0.0905. The third-order valence-electron chi connectivity index (χ3n) is 3.14. The Bertz CT molecular complexity index is 203. The molecule has 1 fully saturated rings. The highest BCUT2D eigenvalue weighted by atomic mass is 16.5. The van der Waals surface area contributed by atoms with E-state index in [0.29, 0.717) is 12.5 Å². The average molecular weight is 214 g/mol. The first-order valence-corrected chi connectivity index (χ1v) is 5.73. The molecule has 1 amide bonds. The van der Waals surface area contributed by atoms with Crippen LogP contribution in [0.3, 0.4) is 0 Å². The van der Waals surface area contributed by atoms with Gasteiger partial charge in [0.1, 0.15) is 0 Å². The molecular formula is C11H22N2O2. The first-order chi connectivity index (χ1) is 7.15.